The second-order valence-corrected chi connectivity index (χ2v) is 7.45. The van der Waals surface area contributed by atoms with Crippen molar-refractivity contribution >= 4 is 11.7 Å². The molecule has 2 saturated heterocycles. The third-order valence-corrected chi connectivity index (χ3v) is 5.65. The zero-order chi connectivity index (χ0) is 20.4. The first-order chi connectivity index (χ1) is 14.1. The van der Waals surface area contributed by atoms with Crippen molar-refractivity contribution in [1.29, 1.82) is 0 Å². The Hall–Kier alpha value is -2.74. The van der Waals surface area contributed by atoms with Crippen molar-refractivity contribution in [2.24, 2.45) is 0 Å². The molecule has 2 aliphatic heterocycles. The third-order valence-electron chi connectivity index (χ3n) is 5.65. The van der Waals surface area contributed by atoms with Crippen molar-refractivity contribution in [3.63, 3.8) is 0 Å². The average Bonchev–Trinajstić information content (AvgIpc) is 2.74. The molecule has 1 unspecified atom stereocenters. The number of amides is 1. The Morgan fingerprint density at radius 1 is 1.24 bits per heavy atom. The number of carbonyl (C=O) groups excluding carboxylic acids is 1. The van der Waals surface area contributed by atoms with Crippen LogP contribution in [0.2, 0.25) is 0 Å². The van der Waals surface area contributed by atoms with Crippen LogP contribution in [0.25, 0.3) is 11.3 Å². The van der Waals surface area contributed by atoms with Gasteiger partial charge >= 0.3 is 0 Å². The van der Waals surface area contributed by atoms with Crippen LogP contribution in [0.3, 0.4) is 0 Å². The van der Waals surface area contributed by atoms with Crippen LogP contribution in [0.4, 0.5) is 10.2 Å². The Bertz CT molecular complexity index is 865. The maximum Gasteiger partial charge on any atom is 0.251 e. The van der Waals surface area contributed by atoms with E-state index in [2.05, 4.69) is 9.97 Å². The lowest BCUT2D eigenvalue weighted by molar-refractivity contribution is -0.147. The number of aromatic nitrogens is 2. The van der Waals surface area contributed by atoms with Gasteiger partial charge in [0.05, 0.1) is 13.2 Å². The van der Waals surface area contributed by atoms with E-state index in [9.17, 15) is 4.79 Å². The van der Waals surface area contributed by atoms with Gasteiger partial charge in [0, 0.05) is 32.3 Å². The number of likely N-dealkylation sites (N-methyl/N-ethyl adjacent to an activating group) is 1. The summed E-state index contributed by atoms with van der Waals surface area (Å²) in [5.74, 6) is 0.512. The minimum absolute atomic E-state index is 0.0106. The van der Waals surface area contributed by atoms with Crippen molar-refractivity contribution in [2.45, 2.75) is 31.4 Å². The Balaban J connectivity index is 1.43. The van der Waals surface area contributed by atoms with E-state index in [0.29, 0.717) is 31.0 Å². The molecule has 1 amide bonds. The molecule has 3 heterocycles. The van der Waals surface area contributed by atoms with Crippen LogP contribution in [-0.4, -0.2) is 66.8 Å². The number of hydrogen-bond donors (Lipinski definition) is 0. The number of halogens is 1. The van der Waals surface area contributed by atoms with E-state index in [1.165, 1.54) is 6.33 Å². The summed E-state index contributed by atoms with van der Waals surface area (Å²) in [5.41, 5.74) is 0.909. The normalized spacial score (nSPS) is 19.6. The molecule has 0 aliphatic carbocycles. The molecule has 2 aromatic rings. The molecule has 0 bridgehead atoms. The molecule has 0 N–H and O–H groups in total. The van der Waals surface area contributed by atoms with Gasteiger partial charge in [0.1, 0.15) is 23.9 Å². The van der Waals surface area contributed by atoms with Crippen molar-refractivity contribution in [3.8, 4) is 17.0 Å². The summed E-state index contributed by atoms with van der Waals surface area (Å²) in [5, 5.41) is 0. The fourth-order valence-corrected chi connectivity index (χ4v) is 3.75. The maximum absolute atomic E-state index is 15.1. The number of nitrogens with zero attached hydrogens (tertiary/aromatic N) is 4. The van der Waals surface area contributed by atoms with Crippen molar-refractivity contribution in [2.75, 3.05) is 38.8 Å². The first kappa shape index (κ1) is 19.6. The molecule has 0 spiro atoms. The Labute approximate surface area is 169 Å². The summed E-state index contributed by atoms with van der Waals surface area (Å²) in [6.07, 6.45) is 3.82. The largest absolute Gasteiger partial charge is 0.497 e. The molecule has 8 heteroatoms. The third kappa shape index (κ3) is 3.89. The van der Waals surface area contributed by atoms with E-state index in [0.717, 1.165) is 19.3 Å². The molecule has 0 radical (unpaired) electrons. The summed E-state index contributed by atoms with van der Waals surface area (Å²) in [6, 6.07) is 7.09. The number of rotatable bonds is 5. The standard InChI is InChI=1S/C21H25FN4O3/c1-25(21(27)17-5-3-4-10-29-17)15-11-26(12-15)20-18(22)19(23-13-24-20)14-6-8-16(28-2)9-7-14/h6-9,13,15,17H,3-5,10-12H2,1-2H3. The highest BCUT2D eigenvalue weighted by molar-refractivity contribution is 5.81. The van der Waals surface area contributed by atoms with Crippen molar-refractivity contribution in [1.82, 2.24) is 14.9 Å². The molecular weight excluding hydrogens is 375 g/mol. The molecule has 1 aromatic carbocycles. The van der Waals surface area contributed by atoms with Gasteiger partial charge in [-0.2, -0.15) is 0 Å². The smallest absolute Gasteiger partial charge is 0.251 e. The summed E-state index contributed by atoms with van der Waals surface area (Å²) in [4.78, 5) is 24.4. The first-order valence-corrected chi connectivity index (χ1v) is 9.86. The molecule has 2 aliphatic rings. The minimum atomic E-state index is -0.458. The molecule has 2 fully saturated rings. The van der Waals surface area contributed by atoms with Gasteiger partial charge in [0.15, 0.2) is 11.6 Å². The van der Waals surface area contributed by atoms with Gasteiger partial charge in [-0.1, -0.05) is 0 Å². The topological polar surface area (TPSA) is 67.8 Å². The molecule has 1 aromatic heterocycles. The Morgan fingerprint density at radius 3 is 2.66 bits per heavy atom. The number of benzene rings is 1. The van der Waals surface area contributed by atoms with Gasteiger partial charge in [-0.25, -0.2) is 14.4 Å². The summed E-state index contributed by atoms with van der Waals surface area (Å²) in [7, 11) is 3.38. The van der Waals surface area contributed by atoms with Crippen LogP contribution in [0.15, 0.2) is 30.6 Å². The van der Waals surface area contributed by atoms with Gasteiger partial charge < -0.3 is 19.3 Å². The maximum atomic E-state index is 15.1. The lowest BCUT2D eigenvalue weighted by Gasteiger charge is -2.45. The fraction of sp³-hybridized carbons (Fsp3) is 0.476. The van der Waals surface area contributed by atoms with Gasteiger partial charge in [-0.15, -0.1) is 0 Å². The van der Waals surface area contributed by atoms with E-state index >= 15 is 4.39 Å². The molecule has 7 nitrogen and oxygen atoms in total. The zero-order valence-electron chi connectivity index (χ0n) is 16.7. The van der Waals surface area contributed by atoms with Gasteiger partial charge in [0.2, 0.25) is 0 Å². The Kier molecular flexibility index (Phi) is 5.62. The quantitative estimate of drug-likeness (QED) is 0.768. The molecule has 0 saturated carbocycles. The van der Waals surface area contributed by atoms with Crippen LogP contribution < -0.4 is 9.64 Å². The monoisotopic (exact) mass is 400 g/mol. The van der Waals surface area contributed by atoms with Crippen LogP contribution in [0.1, 0.15) is 19.3 Å². The fourth-order valence-electron chi connectivity index (χ4n) is 3.75. The number of hydrogen-bond acceptors (Lipinski definition) is 6. The first-order valence-electron chi connectivity index (χ1n) is 9.86. The highest BCUT2D eigenvalue weighted by Gasteiger charge is 2.37. The minimum Gasteiger partial charge on any atom is -0.497 e. The molecule has 4 rings (SSSR count). The summed E-state index contributed by atoms with van der Waals surface area (Å²) in [6.45, 7) is 1.71. The van der Waals surface area contributed by atoms with Gasteiger partial charge in [-0.05, 0) is 43.5 Å². The van der Waals surface area contributed by atoms with Crippen LogP contribution >= 0.6 is 0 Å². The van der Waals surface area contributed by atoms with Crippen LogP contribution in [0.5, 0.6) is 5.75 Å². The van der Waals surface area contributed by atoms with E-state index < -0.39 is 5.82 Å². The van der Waals surface area contributed by atoms with E-state index in [1.807, 2.05) is 4.90 Å². The van der Waals surface area contributed by atoms with Gasteiger partial charge in [-0.3, -0.25) is 4.79 Å². The van der Waals surface area contributed by atoms with E-state index in [-0.39, 0.29) is 29.6 Å². The van der Waals surface area contributed by atoms with E-state index in [4.69, 9.17) is 9.47 Å². The highest BCUT2D eigenvalue weighted by Crippen LogP contribution is 2.30. The Morgan fingerprint density at radius 2 is 2.00 bits per heavy atom. The second-order valence-electron chi connectivity index (χ2n) is 7.45. The number of methoxy groups -OCH3 is 1. The summed E-state index contributed by atoms with van der Waals surface area (Å²) >= 11 is 0. The number of anilines is 1. The number of carbonyl (C=O) groups is 1. The lowest BCUT2D eigenvalue weighted by Crippen LogP contribution is -2.61. The summed E-state index contributed by atoms with van der Waals surface area (Å²) < 4.78 is 25.8. The lowest BCUT2D eigenvalue weighted by atomic mass is 10.0. The predicted molar refractivity (Wildman–Crippen MR) is 106 cm³/mol. The second kappa shape index (κ2) is 8.32. The predicted octanol–water partition coefficient (Wildman–Crippen LogP) is 2.51. The molecule has 154 valence electrons. The molecular formula is C21H25FN4O3. The van der Waals surface area contributed by atoms with Crippen molar-refractivity contribution < 1.29 is 18.7 Å². The van der Waals surface area contributed by atoms with Crippen molar-refractivity contribution in [3.05, 3.63) is 36.4 Å². The number of ether oxygens (including phenoxy) is 2. The van der Waals surface area contributed by atoms with Crippen LogP contribution in [0, 0.1) is 5.82 Å². The average molecular weight is 400 g/mol. The molecule has 29 heavy (non-hydrogen) atoms. The SMILES string of the molecule is COc1ccc(-c2ncnc(N3CC(N(C)C(=O)C4CCCCO4)C3)c2F)cc1. The zero-order valence-corrected chi connectivity index (χ0v) is 16.7. The van der Waals surface area contributed by atoms with Gasteiger partial charge in [0.25, 0.3) is 5.91 Å². The molecule has 1 atom stereocenters. The van der Waals surface area contributed by atoms with Crippen LogP contribution in [-0.2, 0) is 9.53 Å². The highest BCUT2D eigenvalue weighted by atomic mass is 19.1. The van der Waals surface area contributed by atoms with E-state index in [1.54, 1.807) is 43.3 Å².